The van der Waals surface area contributed by atoms with E-state index in [1.54, 1.807) is 30.3 Å². The Morgan fingerprint density at radius 2 is 1.86 bits per heavy atom. The van der Waals surface area contributed by atoms with Crippen molar-refractivity contribution in [1.29, 1.82) is 0 Å². The molecule has 0 radical (unpaired) electrons. The van der Waals surface area contributed by atoms with Crippen LogP contribution in [0.15, 0.2) is 59.7 Å². The van der Waals surface area contributed by atoms with E-state index in [1.807, 2.05) is 13.0 Å². The second-order valence-corrected chi connectivity index (χ2v) is 9.04. The van der Waals surface area contributed by atoms with Crippen molar-refractivity contribution in [3.8, 4) is 11.8 Å². The van der Waals surface area contributed by atoms with Crippen LogP contribution in [0.25, 0.3) is 0 Å². The van der Waals surface area contributed by atoms with Crippen LogP contribution in [0, 0.1) is 11.8 Å². The van der Waals surface area contributed by atoms with E-state index in [0.717, 1.165) is 44.0 Å². The number of allylic oxidation sites excluding steroid dienone is 5. The second kappa shape index (κ2) is 16.5. The van der Waals surface area contributed by atoms with E-state index in [4.69, 9.17) is 9.47 Å². The number of benzene rings is 1. The maximum Gasteiger partial charge on any atom is 0.330 e. The van der Waals surface area contributed by atoms with Gasteiger partial charge in [-0.25, -0.2) is 4.79 Å². The van der Waals surface area contributed by atoms with Crippen molar-refractivity contribution in [3.63, 3.8) is 0 Å². The number of amides is 2. The Bertz CT molecular complexity index is 1080. The van der Waals surface area contributed by atoms with Gasteiger partial charge in [-0.3, -0.25) is 14.5 Å². The molecule has 1 atom stereocenters. The molecule has 198 valence electrons. The third-order valence-electron chi connectivity index (χ3n) is 5.42. The molecule has 0 aliphatic carbocycles. The minimum absolute atomic E-state index is 0.0736. The molecule has 1 aromatic rings. The molecular formula is C28H34BrN3O5. The zero-order valence-corrected chi connectivity index (χ0v) is 23.1. The fraction of sp³-hybridized carbons (Fsp3) is 0.393. The predicted molar refractivity (Wildman–Crippen MR) is 147 cm³/mol. The second-order valence-electron chi connectivity index (χ2n) is 8.48. The third kappa shape index (κ3) is 11.6. The minimum atomic E-state index is -1.00. The van der Waals surface area contributed by atoms with E-state index in [1.165, 1.54) is 12.7 Å². The van der Waals surface area contributed by atoms with Gasteiger partial charge in [0.25, 0.3) is 5.91 Å². The molecule has 1 fully saturated rings. The van der Waals surface area contributed by atoms with Crippen LogP contribution >= 0.6 is 15.9 Å². The van der Waals surface area contributed by atoms with Gasteiger partial charge in [0.2, 0.25) is 5.91 Å². The average molecular weight is 573 g/mol. The van der Waals surface area contributed by atoms with E-state index < -0.39 is 17.9 Å². The highest BCUT2D eigenvalue weighted by molar-refractivity contribution is 9.09. The van der Waals surface area contributed by atoms with Crippen molar-refractivity contribution in [2.24, 2.45) is 0 Å². The number of alkyl halides is 1. The van der Waals surface area contributed by atoms with E-state index in [9.17, 15) is 14.4 Å². The first-order chi connectivity index (χ1) is 17.8. The summed E-state index contributed by atoms with van der Waals surface area (Å²) in [4.78, 5) is 38.3. The molecule has 1 heterocycles. The summed E-state index contributed by atoms with van der Waals surface area (Å²) in [6, 6.07) is 5.72. The number of morpholine rings is 1. The van der Waals surface area contributed by atoms with Gasteiger partial charge in [-0.15, -0.1) is 0 Å². The molecule has 9 heteroatoms. The Kier molecular flexibility index (Phi) is 13.4. The van der Waals surface area contributed by atoms with Gasteiger partial charge in [0.05, 0.1) is 25.7 Å². The van der Waals surface area contributed by atoms with Crippen molar-refractivity contribution in [3.05, 3.63) is 70.8 Å². The van der Waals surface area contributed by atoms with Gasteiger partial charge in [0.1, 0.15) is 6.04 Å². The topological polar surface area (TPSA) is 97.0 Å². The highest BCUT2D eigenvalue weighted by atomic mass is 79.9. The smallest absolute Gasteiger partial charge is 0.330 e. The van der Waals surface area contributed by atoms with Crippen LogP contribution in [0.3, 0.4) is 0 Å². The van der Waals surface area contributed by atoms with Gasteiger partial charge in [0.15, 0.2) is 0 Å². The van der Waals surface area contributed by atoms with Gasteiger partial charge >= 0.3 is 5.97 Å². The lowest BCUT2D eigenvalue weighted by Gasteiger charge is -2.26. The van der Waals surface area contributed by atoms with Crippen LogP contribution < -0.4 is 10.6 Å². The molecule has 2 amide bonds. The van der Waals surface area contributed by atoms with Crippen LogP contribution in [0.2, 0.25) is 0 Å². The number of ether oxygens (including phenoxy) is 2. The molecule has 37 heavy (non-hydrogen) atoms. The highest BCUT2D eigenvalue weighted by Crippen LogP contribution is 2.06. The Morgan fingerprint density at radius 3 is 2.51 bits per heavy atom. The summed E-state index contributed by atoms with van der Waals surface area (Å²) in [5.74, 6) is 4.63. The lowest BCUT2D eigenvalue weighted by molar-refractivity contribution is -0.142. The SMILES string of the molecule is COC(=O)[C@H](CNC(=O)CBr)NC(=O)c1ccc(C#C/C=C/C(C)=C/C=C(\C)CN2CCOCC2)cc1. The van der Waals surface area contributed by atoms with Crippen molar-refractivity contribution in [2.75, 3.05) is 51.8 Å². The fourth-order valence-corrected chi connectivity index (χ4v) is 3.54. The summed E-state index contributed by atoms with van der Waals surface area (Å²) in [7, 11) is 1.22. The van der Waals surface area contributed by atoms with Crippen molar-refractivity contribution in [1.82, 2.24) is 15.5 Å². The predicted octanol–water partition coefficient (Wildman–Crippen LogP) is 2.60. The summed E-state index contributed by atoms with van der Waals surface area (Å²) in [5.41, 5.74) is 3.50. The first-order valence-electron chi connectivity index (χ1n) is 12.0. The third-order valence-corrected chi connectivity index (χ3v) is 5.93. The van der Waals surface area contributed by atoms with Gasteiger partial charge in [-0.05, 0) is 44.2 Å². The normalized spacial score (nSPS) is 15.5. The van der Waals surface area contributed by atoms with Crippen molar-refractivity contribution >= 4 is 33.7 Å². The Morgan fingerprint density at radius 1 is 1.16 bits per heavy atom. The first kappa shape index (κ1) is 30.0. The van der Waals surface area contributed by atoms with Crippen LogP contribution in [0.1, 0.15) is 29.8 Å². The molecule has 0 spiro atoms. The number of esters is 1. The van der Waals surface area contributed by atoms with Crippen LogP contribution in [0.5, 0.6) is 0 Å². The monoisotopic (exact) mass is 571 g/mol. The van der Waals surface area contributed by atoms with Gasteiger partial charge in [-0.1, -0.05) is 57.1 Å². The number of nitrogens with zero attached hydrogens (tertiary/aromatic N) is 1. The maximum absolute atomic E-state index is 12.6. The van der Waals surface area contributed by atoms with Gasteiger partial charge in [-0.2, -0.15) is 0 Å². The number of methoxy groups -OCH3 is 1. The van der Waals surface area contributed by atoms with E-state index in [-0.39, 0.29) is 17.8 Å². The Hall–Kier alpha value is -3.19. The van der Waals surface area contributed by atoms with Crippen molar-refractivity contribution < 1.29 is 23.9 Å². The largest absolute Gasteiger partial charge is 0.467 e. The summed E-state index contributed by atoms with van der Waals surface area (Å²) in [6.45, 7) is 8.57. The molecule has 2 rings (SSSR count). The Balaban J connectivity index is 1.89. The van der Waals surface area contributed by atoms with Crippen LogP contribution in [0.4, 0.5) is 0 Å². The fourth-order valence-electron chi connectivity index (χ4n) is 3.34. The number of carbonyl (C=O) groups is 3. The van der Waals surface area contributed by atoms with E-state index in [0.29, 0.717) is 5.56 Å². The summed E-state index contributed by atoms with van der Waals surface area (Å²) < 4.78 is 10.1. The summed E-state index contributed by atoms with van der Waals surface area (Å²) >= 11 is 3.03. The van der Waals surface area contributed by atoms with E-state index >= 15 is 0 Å². The van der Waals surface area contributed by atoms with Crippen molar-refractivity contribution in [2.45, 2.75) is 19.9 Å². The van der Waals surface area contributed by atoms with E-state index in [2.05, 4.69) is 62.4 Å². The molecule has 1 aliphatic rings. The molecule has 0 unspecified atom stereocenters. The molecule has 1 aliphatic heterocycles. The summed E-state index contributed by atoms with van der Waals surface area (Å²) in [6.07, 6.45) is 7.95. The summed E-state index contributed by atoms with van der Waals surface area (Å²) in [5, 5.41) is 5.21. The van der Waals surface area contributed by atoms with Crippen LogP contribution in [-0.4, -0.2) is 80.6 Å². The molecule has 0 saturated carbocycles. The molecule has 2 N–H and O–H groups in total. The molecule has 1 aromatic carbocycles. The highest BCUT2D eigenvalue weighted by Gasteiger charge is 2.22. The maximum atomic E-state index is 12.6. The zero-order chi connectivity index (χ0) is 27.0. The molecule has 0 bridgehead atoms. The number of hydrogen-bond acceptors (Lipinski definition) is 6. The average Bonchev–Trinajstić information content (AvgIpc) is 2.92. The number of nitrogens with one attached hydrogen (secondary N) is 2. The van der Waals surface area contributed by atoms with Gasteiger partial charge < -0.3 is 20.1 Å². The number of rotatable bonds is 10. The first-order valence-corrected chi connectivity index (χ1v) is 13.1. The molecule has 0 aromatic heterocycles. The Labute approximate surface area is 227 Å². The zero-order valence-electron chi connectivity index (χ0n) is 21.5. The number of halogens is 1. The quantitative estimate of drug-likeness (QED) is 0.194. The van der Waals surface area contributed by atoms with Crippen LogP contribution in [-0.2, 0) is 19.1 Å². The lowest BCUT2D eigenvalue weighted by atomic mass is 10.1. The molecule has 8 nitrogen and oxygen atoms in total. The minimum Gasteiger partial charge on any atom is -0.467 e. The number of carbonyl (C=O) groups excluding carboxylic acids is 3. The molecule has 1 saturated heterocycles. The lowest BCUT2D eigenvalue weighted by Crippen LogP contribution is -2.49. The molecular weight excluding hydrogens is 538 g/mol. The van der Waals surface area contributed by atoms with Gasteiger partial charge in [0, 0.05) is 37.3 Å². The standard InChI is InChI=1S/C28H34BrN3O5/c1-21(8-9-22(2)20-32-14-16-37-17-15-32)6-4-5-7-23-10-12-24(13-11-23)27(34)31-25(28(35)36-3)19-30-26(33)18-29/h4,6,8-13,25H,14-20H2,1-3H3,(H,30,33)(H,31,34)/b6-4+,21-8+,22-9+/t25-/m0/s1. The number of hydrogen-bond donors (Lipinski definition) is 2.